The predicted octanol–water partition coefficient (Wildman–Crippen LogP) is 1.79. The summed E-state index contributed by atoms with van der Waals surface area (Å²) in [7, 11) is 0. The van der Waals surface area contributed by atoms with Crippen LogP contribution in [0.4, 0.5) is 5.69 Å². The van der Waals surface area contributed by atoms with Gasteiger partial charge in [-0.25, -0.2) is 0 Å². The van der Waals surface area contributed by atoms with E-state index in [9.17, 15) is 4.79 Å². The number of nitrogens with zero attached hydrogens (tertiary/aromatic N) is 1. The molecule has 0 aliphatic carbocycles. The maximum absolute atomic E-state index is 11.1. The first-order chi connectivity index (χ1) is 5.75. The van der Waals surface area contributed by atoms with Crippen LogP contribution in [0.5, 0.6) is 0 Å². The molecule has 0 aliphatic heterocycles. The first-order valence-electron chi connectivity index (χ1n) is 3.43. The number of thiol groups is 2. The number of hydrogen-bond donors (Lipinski definition) is 2. The van der Waals surface area contributed by atoms with Gasteiger partial charge in [0.25, 0.3) is 0 Å². The zero-order valence-corrected chi connectivity index (χ0v) is 8.13. The second-order valence-corrected chi connectivity index (χ2v) is 2.92. The molecule has 1 rings (SSSR count). The van der Waals surface area contributed by atoms with Gasteiger partial charge in [-0.1, -0.05) is 31.0 Å². The molecule has 0 saturated heterocycles. The van der Waals surface area contributed by atoms with Crippen molar-refractivity contribution in [2.24, 2.45) is 0 Å². The van der Waals surface area contributed by atoms with E-state index in [1.807, 2.05) is 30.3 Å². The monoisotopic (exact) mass is 199 g/mol. The van der Waals surface area contributed by atoms with Crippen LogP contribution in [-0.2, 0) is 4.79 Å². The molecule has 0 bridgehead atoms. The summed E-state index contributed by atoms with van der Waals surface area (Å²) < 4.78 is 1.28. The van der Waals surface area contributed by atoms with Gasteiger partial charge >= 0.3 is 0 Å². The number of carbonyl (C=O) groups is 1. The molecular formula is C8H9NOS2. The van der Waals surface area contributed by atoms with E-state index in [4.69, 9.17) is 0 Å². The summed E-state index contributed by atoms with van der Waals surface area (Å²) in [4.78, 5) is 11.1. The van der Waals surface area contributed by atoms with Crippen LogP contribution in [0, 0.1) is 0 Å². The molecule has 4 heteroatoms. The van der Waals surface area contributed by atoms with Gasteiger partial charge in [0, 0.05) is 0 Å². The van der Waals surface area contributed by atoms with Crippen LogP contribution in [0.1, 0.15) is 0 Å². The van der Waals surface area contributed by atoms with Gasteiger partial charge in [0.1, 0.15) is 0 Å². The third-order valence-electron chi connectivity index (χ3n) is 1.37. The second-order valence-electron chi connectivity index (χ2n) is 2.20. The van der Waals surface area contributed by atoms with Crippen LogP contribution < -0.4 is 4.31 Å². The molecule has 1 aromatic rings. The molecule has 64 valence electrons. The number of anilines is 1. The first kappa shape index (κ1) is 9.48. The lowest BCUT2D eigenvalue weighted by Gasteiger charge is -2.13. The molecule has 2 nitrogen and oxygen atoms in total. The average Bonchev–Trinajstić information content (AvgIpc) is 2.17. The molecule has 0 aliphatic rings. The van der Waals surface area contributed by atoms with Crippen molar-refractivity contribution in [1.82, 2.24) is 0 Å². The summed E-state index contributed by atoms with van der Waals surface area (Å²) in [6.07, 6.45) is 0. The SMILES string of the molecule is O=C(CS)N(S)c1ccccc1. The van der Waals surface area contributed by atoms with E-state index in [2.05, 4.69) is 25.4 Å². The van der Waals surface area contributed by atoms with E-state index in [0.717, 1.165) is 5.69 Å². The van der Waals surface area contributed by atoms with E-state index in [0.29, 0.717) is 0 Å². The van der Waals surface area contributed by atoms with E-state index in [1.54, 1.807) is 0 Å². The average molecular weight is 199 g/mol. The molecule has 0 fully saturated rings. The molecule has 0 spiro atoms. The maximum Gasteiger partial charge on any atom is 0.246 e. The van der Waals surface area contributed by atoms with Gasteiger partial charge in [-0.2, -0.15) is 12.6 Å². The third-order valence-corrected chi connectivity index (χ3v) is 2.10. The Hall–Kier alpha value is -0.610. The van der Waals surface area contributed by atoms with Crippen LogP contribution in [0.25, 0.3) is 0 Å². The van der Waals surface area contributed by atoms with E-state index in [-0.39, 0.29) is 11.7 Å². The van der Waals surface area contributed by atoms with Crippen molar-refractivity contribution in [2.75, 3.05) is 10.1 Å². The fourth-order valence-corrected chi connectivity index (χ4v) is 1.24. The van der Waals surface area contributed by atoms with Crippen LogP contribution in [0.15, 0.2) is 30.3 Å². The van der Waals surface area contributed by atoms with Crippen molar-refractivity contribution < 1.29 is 4.79 Å². The van der Waals surface area contributed by atoms with Crippen LogP contribution in [-0.4, -0.2) is 11.7 Å². The molecular weight excluding hydrogens is 190 g/mol. The Kier molecular flexibility index (Phi) is 3.49. The van der Waals surface area contributed by atoms with Crippen molar-refractivity contribution in [1.29, 1.82) is 0 Å². The fraction of sp³-hybridized carbons (Fsp3) is 0.125. The maximum atomic E-state index is 11.1. The van der Waals surface area contributed by atoms with Gasteiger partial charge in [0.15, 0.2) is 0 Å². The molecule has 0 saturated carbocycles. The topological polar surface area (TPSA) is 20.3 Å². The molecule has 1 aromatic carbocycles. The molecule has 0 atom stereocenters. The summed E-state index contributed by atoms with van der Waals surface area (Å²) in [5, 5.41) is 0. The molecule has 0 unspecified atom stereocenters. The first-order valence-corrected chi connectivity index (χ1v) is 4.46. The summed E-state index contributed by atoms with van der Waals surface area (Å²) >= 11 is 7.89. The summed E-state index contributed by atoms with van der Waals surface area (Å²) in [5.74, 6) is 0.0335. The highest BCUT2D eigenvalue weighted by Gasteiger charge is 2.08. The van der Waals surface area contributed by atoms with Crippen LogP contribution >= 0.6 is 25.4 Å². The predicted molar refractivity (Wildman–Crippen MR) is 56.8 cm³/mol. The Labute approximate surface area is 82.5 Å². The van der Waals surface area contributed by atoms with Gasteiger partial charge in [-0.05, 0) is 12.1 Å². The molecule has 12 heavy (non-hydrogen) atoms. The smallest absolute Gasteiger partial charge is 0.246 e. The number of benzene rings is 1. The fourth-order valence-electron chi connectivity index (χ4n) is 0.780. The number of hydrogen-bond acceptors (Lipinski definition) is 3. The van der Waals surface area contributed by atoms with Crippen LogP contribution in [0.3, 0.4) is 0 Å². The van der Waals surface area contributed by atoms with E-state index < -0.39 is 0 Å². The Balaban J connectivity index is 2.78. The lowest BCUT2D eigenvalue weighted by atomic mass is 10.3. The summed E-state index contributed by atoms with van der Waals surface area (Å²) in [6, 6.07) is 9.22. The summed E-state index contributed by atoms with van der Waals surface area (Å²) in [5.41, 5.74) is 0.764. The molecule has 0 aromatic heterocycles. The van der Waals surface area contributed by atoms with Crippen molar-refractivity contribution in [2.45, 2.75) is 0 Å². The molecule has 0 radical (unpaired) electrons. The number of rotatable bonds is 2. The van der Waals surface area contributed by atoms with Gasteiger partial charge in [-0.3, -0.25) is 9.10 Å². The zero-order valence-electron chi connectivity index (χ0n) is 6.34. The van der Waals surface area contributed by atoms with Crippen molar-refractivity contribution in [3.8, 4) is 0 Å². The Morgan fingerprint density at radius 1 is 1.33 bits per heavy atom. The lowest BCUT2D eigenvalue weighted by molar-refractivity contribution is -0.114. The molecule has 0 heterocycles. The third kappa shape index (κ3) is 2.19. The standard InChI is InChI=1S/C8H9NOS2/c10-8(6-11)9(12)7-4-2-1-3-5-7/h1-5,11-12H,6H2. The largest absolute Gasteiger partial charge is 0.273 e. The van der Waals surface area contributed by atoms with Crippen LogP contribution in [0.2, 0.25) is 0 Å². The van der Waals surface area contributed by atoms with E-state index >= 15 is 0 Å². The normalized spacial score (nSPS) is 9.50. The van der Waals surface area contributed by atoms with Gasteiger partial charge in [0.2, 0.25) is 5.91 Å². The highest BCUT2D eigenvalue weighted by Crippen LogP contribution is 2.15. The minimum absolute atomic E-state index is 0.132. The Morgan fingerprint density at radius 3 is 2.42 bits per heavy atom. The van der Waals surface area contributed by atoms with Gasteiger partial charge < -0.3 is 0 Å². The van der Waals surface area contributed by atoms with Crippen molar-refractivity contribution >= 4 is 37.0 Å². The molecule has 1 amide bonds. The highest BCUT2D eigenvalue weighted by atomic mass is 32.1. The number of carbonyl (C=O) groups excluding carboxylic acids is 1. The number of amides is 1. The minimum atomic E-state index is -0.132. The Morgan fingerprint density at radius 2 is 1.92 bits per heavy atom. The molecule has 0 N–H and O–H groups in total. The second kappa shape index (κ2) is 4.42. The summed E-state index contributed by atoms with van der Waals surface area (Å²) in [6.45, 7) is 0. The minimum Gasteiger partial charge on any atom is -0.273 e. The Bertz CT molecular complexity index is 263. The van der Waals surface area contributed by atoms with E-state index in [1.165, 1.54) is 4.31 Å². The zero-order chi connectivity index (χ0) is 8.97. The highest BCUT2D eigenvalue weighted by molar-refractivity contribution is 7.83. The van der Waals surface area contributed by atoms with Gasteiger partial charge in [-0.15, -0.1) is 0 Å². The quantitative estimate of drug-likeness (QED) is 0.696. The number of para-hydroxylation sites is 1. The van der Waals surface area contributed by atoms with Crippen molar-refractivity contribution in [3.05, 3.63) is 30.3 Å². The van der Waals surface area contributed by atoms with Gasteiger partial charge in [0.05, 0.1) is 11.4 Å². The van der Waals surface area contributed by atoms with Crippen molar-refractivity contribution in [3.63, 3.8) is 0 Å². The lowest BCUT2D eigenvalue weighted by Crippen LogP contribution is -2.21.